The standard InChI is InChI=1S/C24H25N3O3/c1-29-22-10-9-17(15-23(22)30-2)21-16-19(18-7-3-4-8-20(18)26-21)24(28)25-11-14-27-12-5-6-13-27/h3-10,15-16H,11-14H2,1-2H3,(H,25,28). The summed E-state index contributed by atoms with van der Waals surface area (Å²) in [5.41, 5.74) is 2.96. The number of carbonyl (C=O) groups excluding carboxylic acids is 1. The molecule has 0 aliphatic carbocycles. The summed E-state index contributed by atoms with van der Waals surface area (Å²) in [6, 6.07) is 15.2. The molecule has 6 nitrogen and oxygen atoms in total. The monoisotopic (exact) mass is 403 g/mol. The van der Waals surface area contributed by atoms with Crippen molar-refractivity contribution >= 4 is 16.8 Å². The van der Waals surface area contributed by atoms with Gasteiger partial charge in [0.15, 0.2) is 11.5 Å². The van der Waals surface area contributed by atoms with Gasteiger partial charge in [-0.1, -0.05) is 30.4 Å². The van der Waals surface area contributed by atoms with E-state index in [1.807, 2.05) is 48.5 Å². The second-order valence-corrected chi connectivity index (χ2v) is 7.13. The number of aromatic nitrogens is 1. The van der Waals surface area contributed by atoms with Crippen LogP contribution < -0.4 is 14.8 Å². The van der Waals surface area contributed by atoms with Gasteiger partial charge >= 0.3 is 0 Å². The number of ether oxygens (including phenoxy) is 2. The number of fused-ring (bicyclic) bond motifs is 1. The molecule has 2 aromatic carbocycles. The van der Waals surface area contributed by atoms with Crippen molar-refractivity contribution < 1.29 is 14.3 Å². The molecule has 1 aliphatic rings. The highest BCUT2D eigenvalue weighted by molar-refractivity contribution is 6.07. The number of hydrogen-bond acceptors (Lipinski definition) is 5. The third-order valence-electron chi connectivity index (χ3n) is 5.25. The van der Waals surface area contributed by atoms with Crippen LogP contribution in [0.5, 0.6) is 11.5 Å². The van der Waals surface area contributed by atoms with Crippen LogP contribution in [-0.4, -0.2) is 56.2 Å². The Labute approximate surface area is 176 Å². The Morgan fingerprint density at radius 2 is 1.80 bits per heavy atom. The van der Waals surface area contributed by atoms with Gasteiger partial charge in [-0.15, -0.1) is 0 Å². The van der Waals surface area contributed by atoms with Crippen molar-refractivity contribution in [2.75, 3.05) is 40.4 Å². The van der Waals surface area contributed by atoms with E-state index in [2.05, 4.69) is 22.4 Å². The van der Waals surface area contributed by atoms with Gasteiger partial charge in [-0.3, -0.25) is 9.69 Å². The van der Waals surface area contributed by atoms with Crippen LogP contribution in [0.3, 0.4) is 0 Å². The van der Waals surface area contributed by atoms with Gasteiger partial charge in [-0.05, 0) is 30.3 Å². The summed E-state index contributed by atoms with van der Waals surface area (Å²) in [5, 5.41) is 3.89. The highest BCUT2D eigenvalue weighted by Gasteiger charge is 2.15. The Kier molecular flexibility index (Phi) is 5.95. The van der Waals surface area contributed by atoms with E-state index >= 15 is 0 Å². The number of nitrogens with zero attached hydrogens (tertiary/aromatic N) is 2. The largest absolute Gasteiger partial charge is 0.493 e. The Morgan fingerprint density at radius 3 is 2.57 bits per heavy atom. The Bertz CT molecular complexity index is 1090. The van der Waals surface area contributed by atoms with E-state index in [-0.39, 0.29) is 5.91 Å². The van der Waals surface area contributed by atoms with Crippen LogP contribution >= 0.6 is 0 Å². The average Bonchev–Trinajstić information content (AvgIpc) is 3.31. The predicted octanol–water partition coefficient (Wildman–Crippen LogP) is 3.52. The summed E-state index contributed by atoms with van der Waals surface area (Å²) in [6.07, 6.45) is 4.29. The first-order valence-corrected chi connectivity index (χ1v) is 9.97. The van der Waals surface area contributed by atoms with E-state index in [0.717, 1.165) is 36.1 Å². The molecule has 0 unspecified atom stereocenters. The van der Waals surface area contributed by atoms with Gasteiger partial charge in [0.2, 0.25) is 0 Å². The first-order chi connectivity index (χ1) is 14.7. The molecule has 4 rings (SSSR count). The Balaban J connectivity index is 1.64. The lowest BCUT2D eigenvalue weighted by molar-refractivity contribution is 0.0951. The van der Waals surface area contributed by atoms with Crippen LogP contribution in [0, 0.1) is 0 Å². The highest BCUT2D eigenvalue weighted by atomic mass is 16.5. The molecule has 0 fully saturated rings. The van der Waals surface area contributed by atoms with Gasteiger partial charge in [0.1, 0.15) is 0 Å². The topological polar surface area (TPSA) is 63.7 Å². The zero-order valence-corrected chi connectivity index (χ0v) is 17.2. The first-order valence-electron chi connectivity index (χ1n) is 9.97. The molecule has 30 heavy (non-hydrogen) atoms. The number of amides is 1. The maximum Gasteiger partial charge on any atom is 0.252 e. The third-order valence-corrected chi connectivity index (χ3v) is 5.25. The van der Waals surface area contributed by atoms with Crippen LogP contribution in [0.15, 0.2) is 60.7 Å². The number of pyridine rings is 1. The number of carbonyl (C=O) groups is 1. The van der Waals surface area contributed by atoms with Crippen molar-refractivity contribution in [2.45, 2.75) is 0 Å². The molecule has 0 spiro atoms. The quantitative estimate of drug-likeness (QED) is 0.612. The summed E-state index contributed by atoms with van der Waals surface area (Å²) in [4.78, 5) is 20.1. The Hall–Kier alpha value is -3.38. The molecular formula is C24H25N3O3. The van der Waals surface area contributed by atoms with Crippen molar-refractivity contribution in [1.29, 1.82) is 0 Å². The average molecular weight is 403 g/mol. The minimum atomic E-state index is -0.0949. The van der Waals surface area contributed by atoms with Crippen molar-refractivity contribution in [2.24, 2.45) is 0 Å². The fourth-order valence-electron chi connectivity index (χ4n) is 3.63. The number of hydrogen-bond donors (Lipinski definition) is 1. The summed E-state index contributed by atoms with van der Waals surface area (Å²) in [7, 11) is 3.21. The summed E-state index contributed by atoms with van der Waals surface area (Å²) in [6.45, 7) is 3.31. The van der Waals surface area contributed by atoms with Crippen LogP contribution in [0.1, 0.15) is 10.4 Å². The second-order valence-electron chi connectivity index (χ2n) is 7.13. The molecule has 2 heterocycles. The van der Waals surface area contributed by atoms with Crippen LogP contribution in [0.25, 0.3) is 22.2 Å². The lowest BCUT2D eigenvalue weighted by Crippen LogP contribution is -2.33. The van der Waals surface area contributed by atoms with Crippen LogP contribution in [0.4, 0.5) is 0 Å². The molecule has 1 amide bonds. The molecule has 0 saturated heterocycles. The molecule has 1 aliphatic heterocycles. The Morgan fingerprint density at radius 1 is 1.03 bits per heavy atom. The van der Waals surface area contributed by atoms with Gasteiger partial charge in [-0.25, -0.2) is 4.98 Å². The molecule has 0 atom stereocenters. The zero-order chi connectivity index (χ0) is 20.9. The summed E-state index contributed by atoms with van der Waals surface area (Å²) >= 11 is 0. The lowest BCUT2D eigenvalue weighted by Gasteiger charge is -2.16. The van der Waals surface area contributed by atoms with E-state index in [9.17, 15) is 4.79 Å². The number of nitrogens with one attached hydrogen (secondary N) is 1. The molecular weight excluding hydrogens is 378 g/mol. The fourth-order valence-corrected chi connectivity index (χ4v) is 3.63. The number of para-hydroxylation sites is 1. The van der Waals surface area contributed by atoms with Crippen molar-refractivity contribution in [1.82, 2.24) is 15.2 Å². The number of benzene rings is 2. The van der Waals surface area contributed by atoms with Crippen molar-refractivity contribution in [3.63, 3.8) is 0 Å². The molecule has 0 bridgehead atoms. The lowest BCUT2D eigenvalue weighted by atomic mass is 10.0. The maximum atomic E-state index is 13.0. The van der Waals surface area contributed by atoms with Gasteiger partial charge in [0.25, 0.3) is 5.91 Å². The van der Waals surface area contributed by atoms with E-state index in [1.165, 1.54) is 0 Å². The molecule has 0 saturated carbocycles. The minimum Gasteiger partial charge on any atom is -0.493 e. The van der Waals surface area contributed by atoms with E-state index in [0.29, 0.717) is 29.3 Å². The van der Waals surface area contributed by atoms with Gasteiger partial charge in [0, 0.05) is 37.1 Å². The summed E-state index contributed by atoms with van der Waals surface area (Å²) in [5.74, 6) is 1.18. The second kappa shape index (κ2) is 8.97. The maximum absolute atomic E-state index is 13.0. The molecule has 0 radical (unpaired) electrons. The summed E-state index contributed by atoms with van der Waals surface area (Å²) < 4.78 is 10.8. The van der Waals surface area contributed by atoms with E-state index in [4.69, 9.17) is 14.5 Å². The van der Waals surface area contributed by atoms with Gasteiger partial charge in [0.05, 0.1) is 31.0 Å². The molecule has 1 N–H and O–H groups in total. The number of rotatable bonds is 7. The smallest absolute Gasteiger partial charge is 0.252 e. The van der Waals surface area contributed by atoms with Crippen molar-refractivity contribution in [3.05, 3.63) is 66.2 Å². The normalized spacial score (nSPS) is 13.5. The van der Waals surface area contributed by atoms with Gasteiger partial charge in [-0.2, -0.15) is 0 Å². The highest BCUT2D eigenvalue weighted by Crippen LogP contribution is 2.33. The molecule has 154 valence electrons. The van der Waals surface area contributed by atoms with Crippen LogP contribution in [0.2, 0.25) is 0 Å². The first kappa shape index (κ1) is 19.9. The molecule has 1 aromatic heterocycles. The predicted molar refractivity (Wildman–Crippen MR) is 118 cm³/mol. The van der Waals surface area contributed by atoms with Crippen molar-refractivity contribution in [3.8, 4) is 22.8 Å². The molecule has 3 aromatic rings. The fraction of sp³-hybridized carbons (Fsp3) is 0.250. The number of methoxy groups -OCH3 is 2. The zero-order valence-electron chi connectivity index (χ0n) is 17.2. The SMILES string of the molecule is COc1ccc(-c2cc(C(=O)NCCN3CC=CC3)c3ccccc3n2)cc1OC. The van der Waals surface area contributed by atoms with E-state index in [1.54, 1.807) is 14.2 Å². The minimum absolute atomic E-state index is 0.0949. The van der Waals surface area contributed by atoms with Gasteiger partial charge < -0.3 is 14.8 Å². The van der Waals surface area contributed by atoms with E-state index < -0.39 is 0 Å². The molecule has 6 heteroatoms. The van der Waals surface area contributed by atoms with Crippen LogP contribution in [-0.2, 0) is 0 Å². The third kappa shape index (κ3) is 4.14.